The molecule has 2 heterocycles. The van der Waals surface area contributed by atoms with E-state index in [9.17, 15) is 9.59 Å². The number of aromatic nitrogens is 2. The van der Waals surface area contributed by atoms with Crippen molar-refractivity contribution in [3.8, 4) is 18.1 Å². The summed E-state index contributed by atoms with van der Waals surface area (Å²) < 4.78 is 5.41. The molecule has 186 valence electrons. The van der Waals surface area contributed by atoms with E-state index in [0.717, 1.165) is 11.1 Å². The first kappa shape index (κ1) is 24.1. The molecule has 5 rings (SSSR count). The highest BCUT2D eigenvalue weighted by molar-refractivity contribution is 6.05. The number of imide groups is 1. The van der Waals surface area contributed by atoms with E-state index in [1.807, 2.05) is 49.4 Å². The molecule has 4 aromatic rings. The van der Waals surface area contributed by atoms with Crippen molar-refractivity contribution in [2.24, 2.45) is 0 Å². The van der Waals surface area contributed by atoms with Crippen LogP contribution < -0.4 is 10.1 Å². The Hall–Kier alpha value is -4.61. The number of rotatable bonds is 8. The van der Waals surface area contributed by atoms with E-state index >= 15 is 0 Å². The van der Waals surface area contributed by atoms with Crippen molar-refractivity contribution in [1.82, 2.24) is 20.2 Å². The summed E-state index contributed by atoms with van der Waals surface area (Å²) in [5.74, 6) is 3.05. The highest BCUT2D eigenvalue weighted by atomic mass is 16.5. The van der Waals surface area contributed by atoms with Crippen LogP contribution in [0.25, 0.3) is 11.0 Å². The third-order valence-corrected chi connectivity index (χ3v) is 6.57. The fourth-order valence-corrected chi connectivity index (χ4v) is 4.68. The van der Waals surface area contributed by atoms with Crippen LogP contribution in [-0.4, -0.2) is 45.1 Å². The van der Waals surface area contributed by atoms with E-state index in [0.29, 0.717) is 28.2 Å². The van der Waals surface area contributed by atoms with Crippen LogP contribution in [0, 0.1) is 12.3 Å². The Balaban J connectivity index is 1.52. The largest absolute Gasteiger partial charge is 0.491 e. The van der Waals surface area contributed by atoms with Gasteiger partial charge < -0.3 is 20.1 Å². The van der Waals surface area contributed by atoms with Gasteiger partial charge in [-0.25, -0.2) is 9.78 Å². The Morgan fingerprint density at radius 1 is 1.11 bits per heavy atom. The number of hydrogen-bond donors (Lipinski definition) is 3. The maximum absolute atomic E-state index is 13.7. The van der Waals surface area contributed by atoms with Gasteiger partial charge in [0, 0.05) is 11.5 Å². The smallest absolute Gasteiger partial charge is 0.325 e. The Morgan fingerprint density at radius 3 is 2.57 bits per heavy atom. The number of carbonyl (C=O) groups excluding carboxylic acids is 2. The van der Waals surface area contributed by atoms with Crippen molar-refractivity contribution >= 4 is 23.0 Å². The third-order valence-electron chi connectivity index (χ3n) is 6.57. The molecule has 3 N–H and O–H groups in total. The molecule has 0 radical (unpaired) electrons. The molecule has 0 bridgehead atoms. The summed E-state index contributed by atoms with van der Waals surface area (Å²) in [6.07, 6.45) is 5.56. The Morgan fingerprint density at radius 2 is 1.86 bits per heavy atom. The standard InChI is InChI=1S/C29H26N4O4/c1-3-19-9-14-23-24(17-19)31-27(30-23)26(18(2)20-7-5-4-6-8-20)33-28(35)25(32-29(33)36)21-10-12-22(13-11-21)37-16-15-34/h1,4-14,17-18,25-26,34H,15-16H2,2H3,(H,30,31)(H,32,36)/t18-,25+,26-/m0/s1. The molecule has 0 aliphatic carbocycles. The fourth-order valence-electron chi connectivity index (χ4n) is 4.68. The monoisotopic (exact) mass is 494 g/mol. The number of aliphatic hydroxyl groups excluding tert-OH is 1. The highest BCUT2D eigenvalue weighted by Crippen LogP contribution is 2.39. The number of ether oxygens (including phenoxy) is 1. The molecule has 0 saturated carbocycles. The molecular weight excluding hydrogens is 468 g/mol. The Kier molecular flexibility index (Phi) is 6.62. The van der Waals surface area contributed by atoms with Crippen molar-refractivity contribution in [2.75, 3.05) is 13.2 Å². The first-order valence-corrected chi connectivity index (χ1v) is 12.0. The molecule has 1 aliphatic rings. The maximum Gasteiger partial charge on any atom is 0.325 e. The molecule has 8 nitrogen and oxygen atoms in total. The van der Waals surface area contributed by atoms with E-state index in [2.05, 4.69) is 16.2 Å². The SMILES string of the molecule is C#Cc1ccc2[nH]c([C@H]([C@@H](C)c3ccccc3)N3C(=O)N[C@H](c4ccc(OCCO)cc4)C3=O)nc2c1. The van der Waals surface area contributed by atoms with Crippen molar-refractivity contribution < 1.29 is 19.4 Å². The highest BCUT2D eigenvalue weighted by Gasteiger charge is 2.46. The van der Waals surface area contributed by atoms with Gasteiger partial charge >= 0.3 is 6.03 Å². The molecule has 3 amide bonds. The molecule has 3 aromatic carbocycles. The Bertz CT molecular complexity index is 1470. The van der Waals surface area contributed by atoms with Crippen LogP contribution in [0.2, 0.25) is 0 Å². The molecule has 8 heteroatoms. The number of aliphatic hydroxyl groups is 1. The van der Waals surface area contributed by atoms with Crippen molar-refractivity contribution in [2.45, 2.75) is 24.9 Å². The van der Waals surface area contributed by atoms with Gasteiger partial charge in [-0.3, -0.25) is 9.69 Å². The summed E-state index contributed by atoms with van der Waals surface area (Å²) in [7, 11) is 0. The van der Waals surface area contributed by atoms with E-state index in [-0.39, 0.29) is 25.0 Å². The molecule has 1 aliphatic heterocycles. The number of benzene rings is 3. The number of nitrogens with zero attached hydrogens (tertiary/aromatic N) is 2. The number of hydrogen-bond acceptors (Lipinski definition) is 5. The molecule has 1 saturated heterocycles. The van der Waals surface area contributed by atoms with Gasteiger partial charge in [-0.05, 0) is 41.5 Å². The van der Waals surface area contributed by atoms with E-state index < -0.39 is 18.1 Å². The average Bonchev–Trinajstić information content (AvgIpc) is 3.48. The number of H-pyrrole nitrogens is 1. The lowest BCUT2D eigenvalue weighted by molar-refractivity contribution is -0.129. The zero-order chi connectivity index (χ0) is 25.9. The number of carbonyl (C=O) groups is 2. The van der Waals surface area contributed by atoms with Gasteiger partial charge in [0.1, 0.15) is 30.3 Å². The summed E-state index contributed by atoms with van der Waals surface area (Å²) in [4.78, 5) is 36.4. The zero-order valence-electron chi connectivity index (χ0n) is 20.2. The molecule has 0 spiro atoms. The van der Waals surface area contributed by atoms with Gasteiger partial charge in [0.2, 0.25) is 0 Å². The number of amides is 3. The lowest BCUT2D eigenvalue weighted by atomic mass is 9.91. The first-order valence-electron chi connectivity index (χ1n) is 12.0. The van der Waals surface area contributed by atoms with Crippen LogP contribution in [0.1, 0.15) is 47.4 Å². The number of aromatic amines is 1. The summed E-state index contributed by atoms with van der Waals surface area (Å²) >= 11 is 0. The second kappa shape index (κ2) is 10.2. The normalized spacial score (nSPS) is 16.9. The number of terminal acetylenes is 1. The predicted molar refractivity (Wildman–Crippen MR) is 139 cm³/mol. The minimum Gasteiger partial charge on any atom is -0.491 e. The van der Waals surface area contributed by atoms with Gasteiger partial charge in [0.05, 0.1) is 17.6 Å². The molecule has 37 heavy (non-hydrogen) atoms. The van der Waals surface area contributed by atoms with Gasteiger partial charge in [-0.1, -0.05) is 55.3 Å². The second-order valence-electron chi connectivity index (χ2n) is 8.87. The van der Waals surface area contributed by atoms with Gasteiger partial charge in [-0.15, -0.1) is 6.42 Å². The molecular formula is C29H26N4O4. The van der Waals surface area contributed by atoms with E-state index in [4.69, 9.17) is 21.3 Å². The first-order chi connectivity index (χ1) is 18.0. The van der Waals surface area contributed by atoms with Gasteiger partial charge in [-0.2, -0.15) is 0 Å². The summed E-state index contributed by atoms with van der Waals surface area (Å²) in [5.41, 5.74) is 3.72. The van der Waals surface area contributed by atoms with Crippen LogP contribution in [0.4, 0.5) is 4.79 Å². The van der Waals surface area contributed by atoms with Gasteiger partial charge in [0.15, 0.2) is 0 Å². The summed E-state index contributed by atoms with van der Waals surface area (Å²) in [5, 5.41) is 11.8. The average molecular weight is 495 g/mol. The minimum atomic E-state index is -0.845. The van der Waals surface area contributed by atoms with E-state index in [1.54, 1.807) is 30.3 Å². The van der Waals surface area contributed by atoms with Crippen molar-refractivity contribution in [3.05, 3.63) is 95.3 Å². The van der Waals surface area contributed by atoms with Crippen molar-refractivity contribution in [3.63, 3.8) is 0 Å². The van der Waals surface area contributed by atoms with Crippen LogP contribution in [0.15, 0.2) is 72.8 Å². The molecule has 3 atom stereocenters. The number of urea groups is 1. The number of imidazole rings is 1. The molecule has 1 fully saturated rings. The third kappa shape index (κ3) is 4.65. The zero-order valence-corrected chi connectivity index (χ0v) is 20.2. The second-order valence-corrected chi connectivity index (χ2v) is 8.87. The van der Waals surface area contributed by atoms with Crippen LogP contribution in [-0.2, 0) is 4.79 Å². The number of fused-ring (bicyclic) bond motifs is 1. The van der Waals surface area contributed by atoms with Crippen LogP contribution >= 0.6 is 0 Å². The fraction of sp³-hybridized carbons (Fsp3) is 0.207. The van der Waals surface area contributed by atoms with Crippen LogP contribution in [0.5, 0.6) is 5.75 Å². The lowest BCUT2D eigenvalue weighted by Gasteiger charge is -2.29. The summed E-state index contributed by atoms with van der Waals surface area (Å²) in [6, 6.07) is 20.0. The number of nitrogens with one attached hydrogen (secondary N) is 2. The topological polar surface area (TPSA) is 108 Å². The minimum absolute atomic E-state index is 0.0965. The van der Waals surface area contributed by atoms with Gasteiger partial charge in [0.25, 0.3) is 5.91 Å². The quantitative estimate of drug-likeness (QED) is 0.253. The van der Waals surface area contributed by atoms with E-state index in [1.165, 1.54) is 4.90 Å². The lowest BCUT2D eigenvalue weighted by Crippen LogP contribution is -2.38. The molecule has 1 aromatic heterocycles. The Labute approximate surface area is 214 Å². The predicted octanol–water partition coefficient (Wildman–Crippen LogP) is 4.05. The summed E-state index contributed by atoms with van der Waals surface area (Å²) in [6.45, 7) is 2.05. The maximum atomic E-state index is 13.7. The van der Waals surface area contributed by atoms with Crippen LogP contribution in [0.3, 0.4) is 0 Å². The van der Waals surface area contributed by atoms with Crippen molar-refractivity contribution in [1.29, 1.82) is 0 Å². The molecule has 0 unspecified atom stereocenters.